The minimum atomic E-state index is -0.645. The van der Waals surface area contributed by atoms with Gasteiger partial charge in [0.15, 0.2) is 0 Å². The van der Waals surface area contributed by atoms with Gasteiger partial charge in [-0.1, -0.05) is 32.0 Å². The van der Waals surface area contributed by atoms with Gasteiger partial charge in [-0.05, 0) is 24.0 Å². The van der Waals surface area contributed by atoms with Crippen LogP contribution in [0.1, 0.15) is 19.4 Å². The Kier molecular flexibility index (Phi) is 5.62. The number of amides is 2. The first-order valence-electron chi connectivity index (χ1n) is 7.70. The Bertz CT molecular complexity index is 679. The highest BCUT2D eigenvalue weighted by Crippen LogP contribution is 2.17. The van der Waals surface area contributed by atoms with Gasteiger partial charge in [0.2, 0.25) is 0 Å². The third-order valence-corrected chi connectivity index (χ3v) is 3.76. The molecule has 0 unspecified atom stereocenters. The molecule has 1 aromatic heterocycles. The SMILES string of the molecule is COC(=O)[C@@H](NC(=O)NCCc1c[nH]c2ccccc12)C(C)C. The molecule has 2 rings (SSSR count). The van der Waals surface area contributed by atoms with Gasteiger partial charge in [0.05, 0.1) is 7.11 Å². The monoisotopic (exact) mass is 317 g/mol. The third-order valence-electron chi connectivity index (χ3n) is 3.76. The Morgan fingerprint density at radius 1 is 1.26 bits per heavy atom. The summed E-state index contributed by atoms with van der Waals surface area (Å²) in [5.41, 5.74) is 2.23. The molecule has 0 aliphatic rings. The number of carbonyl (C=O) groups is 2. The molecule has 2 aromatic rings. The number of fused-ring (bicyclic) bond motifs is 1. The number of rotatable bonds is 6. The zero-order chi connectivity index (χ0) is 16.8. The van der Waals surface area contributed by atoms with E-state index < -0.39 is 12.0 Å². The highest BCUT2D eigenvalue weighted by atomic mass is 16.5. The number of H-pyrrole nitrogens is 1. The average Bonchev–Trinajstić information content (AvgIpc) is 2.95. The number of benzene rings is 1. The maximum Gasteiger partial charge on any atom is 0.328 e. The van der Waals surface area contributed by atoms with Crippen molar-refractivity contribution in [1.82, 2.24) is 15.6 Å². The second-order valence-electron chi connectivity index (χ2n) is 5.75. The van der Waals surface area contributed by atoms with Crippen molar-refractivity contribution >= 4 is 22.9 Å². The van der Waals surface area contributed by atoms with E-state index in [-0.39, 0.29) is 11.9 Å². The fourth-order valence-corrected chi connectivity index (χ4v) is 2.47. The number of nitrogens with one attached hydrogen (secondary N) is 3. The number of urea groups is 1. The molecule has 0 bridgehead atoms. The molecule has 6 heteroatoms. The Labute approximate surface area is 135 Å². The van der Waals surface area contributed by atoms with Crippen molar-refractivity contribution in [3.63, 3.8) is 0 Å². The molecular formula is C17H23N3O3. The fraction of sp³-hybridized carbons (Fsp3) is 0.412. The second kappa shape index (κ2) is 7.67. The predicted octanol–water partition coefficient (Wildman–Crippen LogP) is 2.21. The second-order valence-corrected chi connectivity index (χ2v) is 5.75. The largest absolute Gasteiger partial charge is 0.467 e. The summed E-state index contributed by atoms with van der Waals surface area (Å²) in [5, 5.41) is 6.59. The van der Waals surface area contributed by atoms with Crippen molar-refractivity contribution in [2.24, 2.45) is 5.92 Å². The van der Waals surface area contributed by atoms with Crippen LogP contribution >= 0.6 is 0 Å². The lowest BCUT2D eigenvalue weighted by Gasteiger charge is -2.20. The average molecular weight is 317 g/mol. The molecule has 2 amide bonds. The van der Waals surface area contributed by atoms with Crippen LogP contribution < -0.4 is 10.6 Å². The van der Waals surface area contributed by atoms with Crippen LogP contribution in [0.15, 0.2) is 30.5 Å². The summed E-state index contributed by atoms with van der Waals surface area (Å²) in [6.07, 6.45) is 2.66. The summed E-state index contributed by atoms with van der Waals surface area (Å²) in [6, 6.07) is 7.02. The van der Waals surface area contributed by atoms with Crippen LogP contribution in [0.5, 0.6) is 0 Å². The van der Waals surface area contributed by atoms with Crippen molar-refractivity contribution in [3.05, 3.63) is 36.0 Å². The fourth-order valence-electron chi connectivity index (χ4n) is 2.47. The molecule has 124 valence electrons. The molecule has 1 heterocycles. The number of esters is 1. The molecule has 0 spiro atoms. The van der Waals surface area contributed by atoms with Gasteiger partial charge in [-0.15, -0.1) is 0 Å². The molecule has 1 atom stereocenters. The van der Waals surface area contributed by atoms with Crippen LogP contribution in [0.25, 0.3) is 10.9 Å². The maximum absolute atomic E-state index is 11.9. The van der Waals surface area contributed by atoms with Gasteiger partial charge >= 0.3 is 12.0 Å². The quantitative estimate of drug-likeness (QED) is 0.714. The molecule has 3 N–H and O–H groups in total. The van der Waals surface area contributed by atoms with E-state index in [1.54, 1.807) is 0 Å². The topological polar surface area (TPSA) is 83.2 Å². The molecule has 0 aliphatic heterocycles. The van der Waals surface area contributed by atoms with E-state index in [2.05, 4.69) is 15.6 Å². The molecule has 0 saturated carbocycles. The number of hydrogen-bond donors (Lipinski definition) is 3. The zero-order valence-corrected chi connectivity index (χ0v) is 13.7. The number of aromatic amines is 1. The van der Waals surface area contributed by atoms with Crippen LogP contribution in [-0.2, 0) is 16.0 Å². The number of methoxy groups -OCH3 is 1. The third kappa shape index (κ3) is 4.25. The Morgan fingerprint density at radius 2 is 2.00 bits per heavy atom. The smallest absolute Gasteiger partial charge is 0.328 e. The van der Waals surface area contributed by atoms with Crippen LogP contribution in [-0.4, -0.2) is 36.7 Å². The van der Waals surface area contributed by atoms with Crippen LogP contribution in [0, 0.1) is 5.92 Å². The van der Waals surface area contributed by atoms with Crippen molar-refractivity contribution < 1.29 is 14.3 Å². The minimum absolute atomic E-state index is 0.0400. The van der Waals surface area contributed by atoms with E-state index >= 15 is 0 Å². The summed E-state index contributed by atoms with van der Waals surface area (Å²) in [5.74, 6) is -0.478. The normalized spacial score (nSPS) is 12.2. The lowest BCUT2D eigenvalue weighted by Crippen LogP contribution is -2.49. The van der Waals surface area contributed by atoms with Crippen molar-refractivity contribution in [3.8, 4) is 0 Å². The van der Waals surface area contributed by atoms with E-state index in [1.807, 2.05) is 44.3 Å². The van der Waals surface area contributed by atoms with Gasteiger partial charge in [-0.25, -0.2) is 9.59 Å². The zero-order valence-electron chi connectivity index (χ0n) is 13.7. The summed E-state index contributed by atoms with van der Waals surface area (Å²) < 4.78 is 4.70. The van der Waals surface area contributed by atoms with Gasteiger partial charge in [0.25, 0.3) is 0 Å². The minimum Gasteiger partial charge on any atom is -0.467 e. The lowest BCUT2D eigenvalue weighted by molar-refractivity contribution is -0.143. The summed E-state index contributed by atoms with van der Waals surface area (Å²) >= 11 is 0. The molecular weight excluding hydrogens is 294 g/mol. The molecule has 1 aromatic carbocycles. The highest BCUT2D eigenvalue weighted by molar-refractivity contribution is 5.84. The number of carbonyl (C=O) groups excluding carboxylic acids is 2. The molecule has 0 radical (unpaired) electrons. The van der Waals surface area contributed by atoms with E-state index in [0.717, 1.165) is 16.5 Å². The van der Waals surface area contributed by atoms with Crippen molar-refractivity contribution in [1.29, 1.82) is 0 Å². The predicted molar refractivity (Wildman–Crippen MR) is 89.2 cm³/mol. The van der Waals surface area contributed by atoms with Crippen LogP contribution in [0.2, 0.25) is 0 Å². The summed E-state index contributed by atoms with van der Waals surface area (Å²) in [6.45, 7) is 4.20. The maximum atomic E-state index is 11.9. The first kappa shape index (κ1) is 16.9. The first-order valence-corrected chi connectivity index (χ1v) is 7.70. The number of hydrogen-bond acceptors (Lipinski definition) is 3. The Morgan fingerprint density at radius 3 is 2.70 bits per heavy atom. The summed E-state index contributed by atoms with van der Waals surface area (Å²) in [7, 11) is 1.31. The lowest BCUT2D eigenvalue weighted by atomic mass is 10.1. The van der Waals surface area contributed by atoms with Crippen LogP contribution in [0.4, 0.5) is 4.79 Å². The summed E-state index contributed by atoms with van der Waals surface area (Å²) in [4.78, 5) is 26.8. The van der Waals surface area contributed by atoms with Gasteiger partial charge < -0.3 is 20.4 Å². The molecule has 0 saturated heterocycles. The first-order chi connectivity index (χ1) is 11.0. The number of ether oxygens (including phenoxy) is 1. The van der Waals surface area contributed by atoms with Gasteiger partial charge in [0, 0.05) is 23.6 Å². The van der Waals surface area contributed by atoms with Gasteiger partial charge in [-0.2, -0.15) is 0 Å². The molecule has 0 aliphatic carbocycles. The van der Waals surface area contributed by atoms with E-state index in [0.29, 0.717) is 13.0 Å². The van der Waals surface area contributed by atoms with Crippen molar-refractivity contribution in [2.75, 3.05) is 13.7 Å². The standard InChI is InChI=1S/C17H23N3O3/c1-11(2)15(16(21)23-3)20-17(22)18-9-8-12-10-19-14-7-5-4-6-13(12)14/h4-7,10-11,15,19H,8-9H2,1-3H3,(H2,18,20,22)/t15-/m0/s1. The van der Waals surface area contributed by atoms with Crippen LogP contribution in [0.3, 0.4) is 0 Å². The highest BCUT2D eigenvalue weighted by Gasteiger charge is 2.24. The van der Waals surface area contributed by atoms with Gasteiger partial charge in [-0.3, -0.25) is 0 Å². The van der Waals surface area contributed by atoms with Crippen molar-refractivity contribution in [2.45, 2.75) is 26.3 Å². The number of para-hydroxylation sites is 1. The Hall–Kier alpha value is -2.50. The molecule has 0 fully saturated rings. The molecule has 6 nitrogen and oxygen atoms in total. The van der Waals surface area contributed by atoms with E-state index in [9.17, 15) is 9.59 Å². The van der Waals surface area contributed by atoms with E-state index in [1.165, 1.54) is 7.11 Å². The Balaban J connectivity index is 1.86. The van der Waals surface area contributed by atoms with E-state index in [4.69, 9.17) is 4.74 Å². The number of aromatic nitrogens is 1. The molecule has 23 heavy (non-hydrogen) atoms. The van der Waals surface area contributed by atoms with Gasteiger partial charge in [0.1, 0.15) is 6.04 Å².